The van der Waals surface area contributed by atoms with Gasteiger partial charge in [0.15, 0.2) is 0 Å². The number of unbranched alkanes of at least 4 members (excludes halogenated alkanes) is 1. The maximum Gasteiger partial charge on any atom is 0.0928 e. The summed E-state index contributed by atoms with van der Waals surface area (Å²) in [7, 11) is 2.24. The van der Waals surface area contributed by atoms with Crippen LogP contribution in [0.3, 0.4) is 0 Å². The molecule has 1 aromatic heterocycles. The van der Waals surface area contributed by atoms with E-state index in [1.165, 1.54) is 30.8 Å². The fraction of sp³-hybridized carbons (Fsp3) is 0.800. The van der Waals surface area contributed by atoms with Crippen molar-refractivity contribution in [2.45, 2.75) is 58.4 Å². The average molecular weight is 303 g/mol. The summed E-state index contributed by atoms with van der Waals surface area (Å²) in [6.45, 7) is 8.09. The lowest BCUT2D eigenvalue weighted by atomic mass is 10.0. The van der Waals surface area contributed by atoms with Gasteiger partial charge in [-0.05, 0) is 52.1 Å². The van der Waals surface area contributed by atoms with E-state index in [-0.39, 0.29) is 0 Å². The second kappa shape index (κ2) is 8.93. The van der Waals surface area contributed by atoms with Gasteiger partial charge in [-0.1, -0.05) is 13.8 Å². The minimum atomic E-state index is 0.534. The molecule has 0 N–H and O–H groups in total. The van der Waals surface area contributed by atoms with Gasteiger partial charge in [-0.3, -0.25) is 0 Å². The highest BCUT2D eigenvalue weighted by molar-refractivity contribution is 7.09. The Labute approximate surface area is 127 Å². The van der Waals surface area contributed by atoms with E-state index in [9.17, 15) is 0 Å². The average Bonchev–Trinajstić information content (AvgIpc) is 2.81. The highest BCUT2D eigenvalue weighted by Crippen LogP contribution is 2.15. The molecule has 0 aliphatic carbocycles. The Morgan fingerprint density at radius 2 is 2.05 bits per heavy atom. The summed E-state index contributed by atoms with van der Waals surface area (Å²) in [6, 6.07) is 0.683. The molecule has 19 heavy (non-hydrogen) atoms. The number of halogens is 1. The molecule has 0 radical (unpaired) electrons. The Morgan fingerprint density at radius 1 is 1.32 bits per heavy atom. The Morgan fingerprint density at radius 3 is 2.63 bits per heavy atom. The van der Waals surface area contributed by atoms with Crippen LogP contribution in [0.2, 0.25) is 0 Å². The number of aromatic nitrogens is 1. The summed E-state index contributed by atoms with van der Waals surface area (Å²) in [5, 5.41) is 3.30. The Kier molecular flexibility index (Phi) is 7.96. The first-order valence-electron chi connectivity index (χ1n) is 7.22. The predicted molar refractivity (Wildman–Crippen MR) is 86.2 cm³/mol. The standard InChI is InChI=1S/C15H27ClN2S/c1-12(2)9-13(3)18(4)8-6-5-7-15-17-14(10-16)11-19-15/h11-13H,5-10H2,1-4H3. The van der Waals surface area contributed by atoms with E-state index in [0.29, 0.717) is 11.9 Å². The first kappa shape index (κ1) is 16.9. The largest absolute Gasteiger partial charge is 0.304 e. The highest BCUT2D eigenvalue weighted by atomic mass is 35.5. The maximum absolute atomic E-state index is 5.76. The van der Waals surface area contributed by atoms with Crippen LogP contribution in [0, 0.1) is 5.92 Å². The molecule has 1 rings (SSSR count). The number of hydrogen-bond donors (Lipinski definition) is 0. The van der Waals surface area contributed by atoms with Crippen LogP contribution in [0.5, 0.6) is 0 Å². The minimum absolute atomic E-state index is 0.534. The third-order valence-electron chi connectivity index (χ3n) is 3.45. The summed E-state index contributed by atoms with van der Waals surface area (Å²) in [4.78, 5) is 6.97. The summed E-state index contributed by atoms with van der Waals surface area (Å²) in [5.74, 6) is 1.31. The first-order valence-corrected chi connectivity index (χ1v) is 8.63. The molecule has 1 atom stereocenters. The second-order valence-electron chi connectivity index (χ2n) is 5.78. The molecule has 0 amide bonds. The van der Waals surface area contributed by atoms with Gasteiger partial charge in [-0.15, -0.1) is 22.9 Å². The molecule has 1 unspecified atom stereocenters. The van der Waals surface area contributed by atoms with Gasteiger partial charge in [-0.25, -0.2) is 4.98 Å². The van der Waals surface area contributed by atoms with Gasteiger partial charge in [0, 0.05) is 11.4 Å². The van der Waals surface area contributed by atoms with Crippen molar-refractivity contribution < 1.29 is 0 Å². The number of aryl methyl sites for hydroxylation is 1. The van der Waals surface area contributed by atoms with Crippen LogP contribution in [0.1, 0.15) is 50.7 Å². The fourth-order valence-electron chi connectivity index (χ4n) is 2.25. The lowest BCUT2D eigenvalue weighted by Gasteiger charge is -2.26. The van der Waals surface area contributed by atoms with E-state index in [0.717, 1.165) is 18.0 Å². The van der Waals surface area contributed by atoms with Crippen molar-refractivity contribution in [3.63, 3.8) is 0 Å². The number of alkyl halides is 1. The van der Waals surface area contributed by atoms with Gasteiger partial charge < -0.3 is 4.90 Å². The van der Waals surface area contributed by atoms with Crippen LogP contribution in [0.25, 0.3) is 0 Å². The molecule has 0 aliphatic heterocycles. The second-order valence-corrected chi connectivity index (χ2v) is 6.99. The zero-order valence-electron chi connectivity index (χ0n) is 12.7. The zero-order chi connectivity index (χ0) is 14.3. The van der Waals surface area contributed by atoms with Crippen molar-refractivity contribution >= 4 is 22.9 Å². The SMILES string of the molecule is CC(C)CC(C)N(C)CCCCc1nc(CCl)cs1. The van der Waals surface area contributed by atoms with Gasteiger partial charge >= 0.3 is 0 Å². The van der Waals surface area contributed by atoms with Crippen molar-refractivity contribution in [1.82, 2.24) is 9.88 Å². The molecule has 0 aliphatic rings. The van der Waals surface area contributed by atoms with Gasteiger partial charge in [0.25, 0.3) is 0 Å². The van der Waals surface area contributed by atoms with E-state index < -0.39 is 0 Å². The van der Waals surface area contributed by atoms with Gasteiger partial charge in [0.2, 0.25) is 0 Å². The maximum atomic E-state index is 5.76. The molecule has 1 heterocycles. The molecule has 110 valence electrons. The lowest BCUT2D eigenvalue weighted by molar-refractivity contribution is 0.224. The molecule has 2 nitrogen and oxygen atoms in total. The predicted octanol–water partition coefficient (Wildman–Crippen LogP) is 4.57. The molecular weight excluding hydrogens is 276 g/mol. The number of nitrogens with zero attached hydrogens (tertiary/aromatic N) is 2. The van der Waals surface area contributed by atoms with Crippen molar-refractivity contribution in [3.05, 3.63) is 16.1 Å². The van der Waals surface area contributed by atoms with E-state index in [1.54, 1.807) is 11.3 Å². The van der Waals surface area contributed by atoms with Crippen LogP contribution >= 0.6 is 22.9 Å². The molecule has 1 aromatic rings. The van der Waals surface area contributed by atoms with Gasteiger partial charge in [0.05, 0.1) is 16.6 Å². The van der Waals surface area contributed by atoms with Gasteiger partial charge in [0.1, 0.15) is 0 Å². The molecule has 0 saturated carbocycles. The van der Waals surface area contributed by atoms with Gasteiger partial charge in [-0.2, -0.15) is 0 Å². The van der Waals surface area contributed by atoms with Crippen LogP contribution in [0.15, 0.2) is 5.38 Å². The summed E-state index contributed by atoms with van der Waals surface area (Å²) < 4.78 is 0. The number of hydrogen-bond acceptors (Lipinski definition) is 3. The molecule has 0 fully saturated rings. The summed E-state index contributed by atoms with van der Waals surface area (Å²) in [6.07, 6.45) is 4.83. The summed E-state index contributed by atoms with van der Waals surface area (Å²) >= 11 is 7.50. The van der Waals surface area contributed by atoms with E-state index in [2.05, 4.69) is 43.1 Å². The number of thiazole rings is 1. The Balaban J connectivity index is 2.16. The van der Waals surface area contributed by atoms with Crippen LogP contribution < -0.4 is 0 Å². The van der Waals surface area contributed by atoms with Crippen molar-refractivity contribution in [2.24, 2.45) is 5.92 Å². The third-order valence-corrected chi connectivity index (χ3v) is 4.68. The van der Waals surface area contributed by atoms with Crippen LogP contribution in [-0.4, -0.2) is 29.5 Å². The zero-order valence-corrected chi connectivity index (χ0v) is 14.2. The lowest BCUT2D eigenvalue weighted by Crippen LogP contribution is -2.31. The highest BCUT2D eigenvalue weighted by Gasteiger charge is 2.10. The quantitative estimate of drug-likeness (QED) is 0.490. The molecule has 0 spiro atoms. The normalized spacial score (nSPS) is 13.4. The Bertz CT molecular complexity index is 352. The smallest absolute Gasteiger partial charge is 0.0928 e. The molecule has 4 heteroatoms. The molecule has 0 bridgehead atoms. The fourth-order valence-corrected chi connectivity index (χ4v) is 3.31. The monoisotopic (exact) mass is 302 g/mol. The van der Waals surface area contributed by atoms with E-state index in [1.807, 2.05) is 0 Å². The van der Waals surface area contributed by atoms with Crippen molar-refractivity contribution in [3.8, 4) is 0 Å². The van der Waals surface area contributed by atoms with Crippen LogP contribution in [-0.2, 0) is 12.3 Å². The van der Waals surface area contributed by atoms with Crippen molar-refractivity contribution in [1.29, 1.82) is 0 Å². The minimum Gasteiger partial charge on any atom is -0.304 e. The van der Waals surface area contributed by atoms with Crippen LogP contribution in [0.4, 0.5) is 0 Å². The van der Waals surface area contributed by atoms with E-state index in [4.69, 9.17) is 11.6 Å². The summed E-state index contributed by atoms with van der Waals surface area (Å²) in [5.41, 5.74) is 1.02. The first-order chi connectivity index (χ1) is 9.02. The molecule has 0 saturated heterocycles. The third kappa shape index (κ3) is 6.73. The topological polar surface area (TPSA) is 16.1 Å². The Hall–Kier alpha value is -0.120. The van der Waals surface area contributed by atoms with E-state index >= 15 is 0 Å². The van der Waals surface area contributed by atoms with Crippen molar-refractivity contribution in [2.75, 3.05) is 13.6 Å². The molecule has 0 aromatic carbocycles. The number of rotatable bonds is 9. The molecular formula is C15H27ClN2S.